The number of nitrogens with zero attached hydrogens (tertiary/aromatic N) is 1. The van der Waals surface area contributed by atoms with E-state index >= 15 is 0 Å². The minimum absolute atomic E-state index is 0.0396. The summed E-state index contributed by atoms with van der Waals surface area (Å²) < 4.78 is 0. The van der Waals surface area contributed by atoms with Crippen molar-refractivity contribution < 1.29 is 14.5 Å². The van der Waals surface area contributed by atoms with Gasteiger partial charge < -0.3 is 10.2 Å². The predicted octanol–water partition coefficient (Wildman–Crippen LogP) is 3.22. The SMILES string of the molecule is CC(=O)c1ccc(C(=O)Nc2sc3c(c2C#N)CC[NH+](Cc2ccccc2)C3)cc1. The van der Waals surface area contributed by atoms with Gasteiger partial charge in [-0.05, 0) is 24.6 Å². The molecule has 0 saturated carbocycles. The lowest BCUT2D eigenvalue weighted by Crippen LogP contribution is -3.10. The molecule has 1 atom stereocenters. The van der Waals surface area contributed by atoms with Crippen LogP contribution in [0, 0.1) is 11.3 Å². The van der Waals surface area contributed by atoms with Crippen molar-refractivity contribution in [3.63, 3.8) is 0 Å². The maximum Gasteiger partial charge on any atom is 0.256 e. The molecule has 2 heterocycles. The summed E-state index contributed by atoms with van der Waals surface area (Å²) in [6.07, 6.45) is 0.833. The largest absolute Gasteiger partial charge is 0.326 e. The van der Waals surface area contributed by atoms with Crippen LogP contribution in [0.3, 0.4) is 0 Å². The van der Waals surface area contributed by atoms with Gasteiger partial charge in [-0.25, -0.2) is 0 Å². The minimum atomic E-state index is -0.270. The number of Topliss-reactive ketones (excluding diaryl/α,β-unsaturated/α-hetero) is 1. The number of nitrogens with one attached hydrogen (secondary N) is 2. The summed E-state index contributed by atoms with van der Waals surface area (Å²) in [4.78, 5) is 26.7. The van der Waals surface area contributed by atoms with Crippen LogP contribution < -0.4 is 10.2 Å². The number of ketones is 1. The average molecular weight is 417 g/mol. The fraction of sp³-hybridized carbons (Fsp3) is 0.208. The molecule has 1 aromatic heterocycles. The molecule has 0 radical (unpaired) electrons. The van der Waals surface area contributed by atoms with E-state index in [1.54, 1.807) is 24.3 Å². The van der Waals surface area contributed by atoms with Gasteiger partial charge in [-0.1, -0.05) is 42.5 Å². The Morgan fingerprint density at radius 3 is 2.47 bits per heavy atom. The number of benzene rings is 2. The van der Waals surface area contributed by atoms with Crippen molar-refractivity contribution in [2.75, 3.05) is 11.9 Å². The molecule has 0 aliphatic carbocycles. The number of quaternary nitrogens is 1. The average Bonchev–Trinajstić information content (AvgIpc) is 3.10. The molecule has 1 amide bonds. The molecule has 2 N–H and O–H groups in total. The van der Waals surface area contributed by atoms with Crippen LogP contribution in [0.2, 0.25) is 0 Å². The second kappa shape index (κ2) is 8.62. The summed E-state index contributed by atoms with van der Waals surface area (Å²) in [6, 6.07) is 19.3. The van der Waals surface area contributed by atoms with Gasteiger partial charge in [-0.3, -0.25) is 9.59 Å². The summed E-state index contributed by atoms with van der Waals surface area (Å²) >= 11 is 1.50. The van der Waals surface area contributed by atoms with Crippen LogP contribution in [0.5, 0.6) is 0 Å². The molecule has 6 heteroatoms. The molecular formula is C24H22N3O2S+. The normalized spacial score (nSPS) is 15.1. The number of amides is 1. The van der Waals surface area contributed by atoms with Crippen LogP contribution in [0.4, 0.5) is 5.00 Å². The van der Waals surface area contributed by atoms with E-state index in [0.717, 1.165) is 31.6 Å². The zero-order valence-corrected chi connectivity index (χ0v) is 17.5. The molecule has 5 nitrogen and oxygen atoms in total. The van der Waals surface area contributed by atoms with Crippen molar-refractivity contribution >= 4 is 28.0 Å². The van der Waals surface area contributed by atoms with Gasteiger partial charge in [0.1, 0.15) is 24.2 Å². The number of fused-ring (bicyclic) bond motifs is 1. The Kier molecular flexibility index (Phi) is 5.75. The summed E-state index contributed by atoms with van der Waals surface area (Å²) in [7, 11) is 0. The Morgan fingerprint density at radius 1 is 1.10 bits per heavy atom. The fourth-order valence-corrected chi connectivity index (χ4v) is 5.07. The second-order valence-corrected chi connectivity index (χ2v) is 8.60. The van der Waals surface area contributed by atoms with Crippen LogP contribution in [-0.2, 0) is 19.5 Å². The molecule has 0 bridgehead atoms. The van der Waals surface area contributed by atoms with Crippen molar-refractivity contribution in [2.45, 2.75) is 26.4 Å². The molecule has 30 heavy (non-hydrogen) atoms. The van der Waals surface area contributed by atoms with E-state index in [4.69, 9.17) is 0 Å². The van der Waals surface area contributed by atoms with Crippen molar-refractivity contribution in [3.05, 3.63) is 87.3 Å². The van der Waals surface area contributed by atoms with Gasteiger partial charge in [0.25, 0.3) is 5.91 Å². The third-order valence-corrected chi connectivity index (χ3v) is 6.57. The number of rotatable bonds is 5. The first-order valence-electron chi connectivity index (χ1n) is 9.89. The molecule has 1 unspecified atom stereocenters. The number of anilines is 1. The van der Waals surface area contributed by atoms with Gasteiger partial charge >= 0.3 is 0 Å². The lowest BCUT2D eigenvalue weighted by molar-refractivity contribution is -0.929. The molecule has 2 aromatic carbocycles. The van der Waals surface area contributed by atoms with Crippen LogP contribution in [0.1, 0.15) is 49.2 Å². The standard InChI is InChI=1S/C24H21N3O2S/c1-16(28)18-7-9-19(10-8-18)23(29)26-24-21(13-25)20-11-12-27(15-22(20)30-24)14-17-5-3-2-4-6-17/h2-10H,11-12,14-15H2,1H3,(H,26,29)/p+1. The first-order chi connectivity index (χ1) is 14.5. The van der Waals surface area contributed by atoms with Crippen molar-refractivity contribution in [1.29, 1.82) is 5.26 Å². The van der Waals surface area contributed by atoms with Crippen LogP contribution >= 0.6 is 11.3 Å². The topological polar surface area (TPSA) is 74.4 Å². The highest BCUT2D eigenvalue weighted by molar-refractivity contribution is 7.16. The highest BCUT2D eigenvalue weighted by Gasteiger charge is 2.27. The van der Waals surface area contributed by atoms with E-state index < -0.39 is 0 Å². The van der Waals surface area contributed by atoms with Gasteiger partial charge in [0.2, 0.25) is 0 Å². The quantitative estimate of drug-likeness (QED) is 0.627. The van der Waals surface area contributed by atoms with E-state index in [1.165, 1.54) is 33.6 Å². The van der Waals surface area contributed by atoms with E-state index in [0.29, 0.717) is 21.7 Å². The molecule has 4 rings (SSSR count). The summed E-state index contributed by atoms with van der Waals surface area (Å²) in [5.41, 5.74) is 3.99. The summed E-state index contributed by atoms with van der Waals surface area (Å²) in [5.74, 6) is -0.309. The molecule has 0 spiro atoms. The van der Waals surface area contributed by atoms with Crippen molar-refractivity contribution in [1.82, 2.24) is 0 Å². The predicted molar refractivity (Wildman–Crippen MR) is 117 cm³/mol. The molecule has 1 aliphatic rings. The van der Waals surface area contributed by atoms with Crippen molar-refractivity contribution in [2.24, 2.45) is 0 Å². The second-order valence-electron chi connectivity index (χ2n) is 7.50. The number of carbonyl (C=O) groups is 2. The zero-order chi connectivity index (χ0) is 21.1. The molecule has 0 fully saturated rings. The molecule has 1 aliphatic heterocycles. The number of thiophene rings is 1. The molecule has 3 aromatic rings. The number of hydrogen-bond acceptors (Lipinski definition) is 4. The maximum absolute atomic E-state index is 12.7. The first kappa shape index (κ1) is 20.0. The summed E-state index contributed by atoms with van der Waals surface area (Å²) in [6.45, 7) is 4.26. The van der Waals surface area contributed by atoms with E-state index in [1.807, 2.05) is 6.07 Å². The highest BCUT2D eigenvalue weighted by atomic mass is 32.1. The number of nitriles is 1. The summed E-state index contributed by atoms with van der Waals surface area (Å²) in [5, 5.41) is 13.2. The lowest BCUT2D eigenvalue weighted by atomic mass is 10.0. The van der Waals surface area contributed by atoms with E-state index in [-0.39, 0.29) is 11.7 Å². The molecule has 150 valence electrons. The van der Waals surface area contributed by atoms with Gasteiger partial charge in [-0.15, -0.1) is 11.3 Å². The Hall–Kier alpha value is -3.27. The monoisotopic (exact) mass is 416 g/mol. The smallest absolute Gasteiger partial charge is 0.256 e. The third kappa shape index (κ3) is 4.18. The van der Waals surface area contributed by atoms with Crippen LogP contribution in [0.15, 0.2) is 54.6 Å². The van der Waals surface area contributed by atoms with Gasteiger partial charge in [0.15, 0.2) is 5.78 Å². The number of hydrogen-bond donors (Lipinski definition) is 2. The molecule has 0 saturated heterocycles. The highest BCUT2D eigenvalue weighted by Crippen LogP contribution is 2.34. The molecular weight excluding hydrogens is 394 g/mol. The number of carbonyl (C=O) groups excluding carboxylic acids is 2. The van der Waals surface area contributed by atoms with Crippen molar-refractivity contribution in [3.8, 4) is 6.07 Å². The minimum Gasteiger partial charge on any atom is -0.326 e. The first-order valence-corrected chi connectivity index (χ1v) is 10.7. The van der Waals surface area contributed by atoms with Gasteiger partial charge in [0.05, 0.1) is 17.0 Å². The van der Waals surface area contributed by atoms with Crippen LogP contribution in [0.25, 0.3) is 0 Å². The third-order valence-electron chi connectivity index (χ3n) is 5.42. The fourth-order valence-electron chi connectivity index (χ4n) is 3.81. The van der Waals surface area contributed by atoms with Gasteiger partial charge in [-0.2, -0.15) is 5.26 Å². The zero-order valence-electron chi connectivity index (χ0n) is 16.7. The lowest BCUT2D eigenvalue weighted by Gasteiger charge is -2.23. The Bertz CT molecular complexity index is 1130. The van der Waals surface area contributed by atoms with Crippen LogP contribution in [-0.4, -0.2) is 18.2 Å². The van der Waals surface area contributed by atoms with Gasteiger partial charge in [0, 0.05) is 23.1 Å². The Balaban J connectivity index is 1.51. The Labute approximate surface area is 179 Å². The Morgan fingerprint density at radius 2 is 1.80 bits per heavy atom. The van der Waals surface area contributed by atoms with E-state index in [2.05, 4.69) is 35.7 Å². The maximum atomic E-state index is 12.7. The van der Waals surface area contributed by atoms with E-state index in [9.17, 15) is 14.9 Å².